The van der Waals surface area contributed by atoms with Crippen molar-refractivity contribution in [2.75, 3.05) is 37.6 Å². The lowest BCUT2D eigenvalue weighted by atomic mass is 10.2. The first-order chi connectivity index (χ1) is 10.5. The molecule has 122 valence electrons. The van der Waals surface area contributed by atoms with Gasteiger partial charge in [-0.3, -0.25) is 9.69 Å². The van der Waals surface area contributed by atoms with Gasteiger partial charge in [0.25, 0.3) is 0 Å². The van der Waals surface area contributed by atoms with Crippen LogP contribution in [0.25, 0.3) is 0 Å². The van der Waals surface area contributed by atoms with Crippen molar-refractivity contribution in [1.82, 2.24) is 19.8 Å². The molecule has 0 aromatic carbocycles. The fraction of sp³-hybridized carbons (Fsp3) is 0.688. The second kappa shape index (κ2) is 7.54. The Labute approximate surface area is 133 Å². The summed E-state index contributed by atoms with van der Waals surface area (Å²) >= 11 is 0. The van der Waals surface area contributed by atoms with Gasteiger partial charge in [-0.1, -0.05) is 0 Å². The Morgan fingerprint density at radius 2 is 1.64 bits per heavy atom. The highest BCUT2D eigenvalue weighted by Crippen LogP contribution is 2.11. The van der Waals surface area contributed by atoms with Crippen molar-refractivity contribution in [3.63, 3.8) is 0 Å². The molecule has 0 atom stereocenters. The van der Waals surface area contributed by atoms with Gasteiger partial charge in [0.15, 0.2) is 0 Å². The quantitative estimate of drug-likeness (QED) is 0.819. The van der Waals surface area contributed by atoms with E-state index in [1.807, 2.05) is 11.0 Å². The van der Waals surface area contributed by atoms with Crippen LogP contribution in [0, 0.1) is 0 Å². The van der Waals surface area contributed by atoms with Crippen LogP contribution in [-0.2, 0) is 4.79 Å². The van der Waals surface area contributed by atoms with E-state index >= 15 is 0 Å². The smallest absolute Gasteiger partial charge is 0.237 e. The monoisotopic (exact) mass is 305 g/mol. The lowest BCUT2D eigenvalue weighted by Crippen LogP contribution is -2.52. The third-order valence-electron chi connectivity index (χ3n) is 3.97. The maximum atomic E-state index is 12.5. The van der Waals surface area contributed by atoms with Crippen LogP contribution >= 0.6 is 0 Å². The van der Waals surface area contributed by atoms with Crippen LogP contribution < -0.4 is 4.90 Å². The molecule has 6 heteroatoms. The second-order valence-electron chi connectivity index (χ2n) is 6.30. The molecule has 2 heterocycles. The van der Waals surface area contributed by atoms with E-state index in [2.05, 4.69) is 47.5 Å². The predicted octanol–water partition coefficient (Wildman–Crippen LogP) is 1.24. The number of carbonyl (C=O) groups is 1. The van der Waals surface area contributed by atoms with Gasteiger partial charge in [-0.05, 0) is 33.8 Å². The summed E-state index contributed by atoms with van der Waals surface area (Å²) in [5.41, 5.74) is 0. The van der Waals surface area contributed by atoms with Crippen LogP contribution in [0.5, 0.6) is 0 Å². The van der Waals surface area contributed by atoms with Crippen LogP contribution in [-0.4, -0.2) is 70.5 Å². The van der Waals surface area contributed by atoms with Crippen molar-refractivity contribution in [2.45, 2.75) is 39.8 Å². The molecule has 1 aromatic rings. The molecular weight excluding hydrogens is 278 g/mol. The summed E-state index contributed by atoms with van der Waals surface area (Å²) in [4.78, 5) is 27.4. The molecule has 0 unspecified atom stereocenters. The van der Waals surface area contributed by atoms with Gasteiger partial charge in [-0.2, -0.15) is 0 Å². The normalized spacial score (nSPS) is 16.4. The van der Waals surface area contributed by atoms with Crippen molar-refractivity contribution in [3.8, 4) is 0 Å². The van der Waals surface area contributed by atoms with Gasteiger partial charge in [0, 0.05) is 50.7 Å². The zero-order chi connectivity index (χ0) is 16.1. The number of carbonyl (C=O) groups excluding carboxylic acids is 1. The minimum atomic E-state index is 0.217. The Morgan fingerprint density at radius 3 is 2.14 bits per heavy atom. The number of hydrogen-bond acceptors (Lipinski definition) is 5. The van der Waals surface area contributed by atoms with Crippen LogP contribution in [0.1, 0.15) is 27.7 Å². The van der Waals surface area contributed by atoms with E-state index in [-0.39, 0.29) is 18.0 Å². The average Bonchev–Trinajstić information content (AvgIpc) is 2.48. The molecule has 1 fully saturated rings. The average molecular weight is 305 g/mol. The number of aromatic nitrogens is 2. The maximum Gasteiger partial charge on any atom is 0.237 e. The van der Waals surface area contributed by atoms with Crippen LogP contribution in [0.3, 0.4) is 0 Å². The minimum Gasteiger partial charge on any atom is -0.338 e. The minimum absolute atomic E-state index is 0.217. The highest BCUT2D eigenvalue weighted by molar-refractivity contribution is 5.78. The van der Waals surface area contributed by atoms with E-state index in [0.29, 0.717) is 6.54 Å². The highest BCUT2D eigenvalue weighted by Gasteiger charge is 2.25. The van der Waals surface area contributed by atoms with Crippen molar-refractivity contribution in [2.24, 2.45) is 0 Å². The molecular formula is C16H27N5O. The molecule has 2 rings (SSSR count). The molecule has 0 bridgehead atoms. The third kappa shape index (κ3) is 4.16. The van der Waals surface area contributed by atoms with Crippen LogP contribution in [0.15, 0.2) is 18.5 Å². The van der Waals surface area contributed by atoms with Crippen molar-refractivity contribution in [1.29, 1.82) is 0 Å². The van der Waals surface area contributed by atoms with Gasteiger partial charge in [0.05, 0.1) is 6.54 Å². The van der Waals surface area contributed by atoms with Gasteiger partial charge >= 0.3 is 0 Å². The first kappa shape index (κ1) is 16.7. The molecule has 0 radical (unpaired) electrons. The van der Waals surface area contributed by atoms with Crippen molar-refractivity contribution in [3.05, 3.63) is 18.5 Å². The predicted molar refractivity (Wildman–Crippen MR) is 87.8 cm³/mol. The largest absolute Gasteiger partial charge is 0.338 e. The van der Waals surface area contributed by atoms with E-state index in [1.165, 1.54) is 0 Å². The summed E-state index contributed by atoms with van der Waals surface area (Å²) in [6.45, 7) is 12.2. The van der Waals surface area contributed by atoms with E-state index < -0.39 is 0 Å². The fourth-order valence-electron chi connectivity index (χ4n) is 3.01. The summed E-state index contributed by atoms with van der Waals surface area (Å²) in [7, 11) is 0. The Morgan fingerprint density at radius 1 is 1.09 bits per heavy atom. The fourth-order valence-corrected chi connectivity index (χ4v) is 3.01. The molecule has 22 heavy (non-hydrogen) atoms. The molecule has 1 saturated heterocycles. The number of amides is 1. The van der Waals surface area contributed by atoms with Crippen LogP contribution in [0.4, 0.5) is 5.95 Å². The molecule has 6 nitrogen and oxygen atoms in total. The molecule has 1 aromatic heterocycles. The van der Waals surface area contributed by atoms with Crippen molar-refractivity contribution < 1.29 is 4.79 Å². The topological polar surface area (TPSA) is 52.6 Å². The number of anilines is 1. The zero-order valence-electron chi connectivity index (χ0n) is 14.1. The summed E-state index contributed by atoms with van der Waals surface area (Å²) in [6.07, 6.45) is 3.53. The van der Waals surface area contributed by atoms with E-state index in [0.717, 1.165) is 32.1 Å². The van der Waals surface area contributed by atoms with E-state index in [1.54, 1.807) is 12.4 Å². The molecule has 1 amide bonds. The van der Waals surface area contributed by atoms with Gasteiger partial charge in [-0.15, -0.1) is 0 Å². The molecule has 0 N–H and O–H groups in total. The Bertz CT molecular complexity index is 461. The molecule has 0 aliphatic carbocycles. The summed E-state index contributed by atoms with van der Waals surface area (Å²) in [6, 6.07) is 2.31. The molecule has 1 aliphatic heterocycles. The maximum absolute atomic E-state index is 12.5. The SMILES string of the molecule is CC(C)N(C(=O)CN1CCN(c2ncccn2)CC1)C(C)C. The van der Waals surface area contributed by atoms with Crippen LogP contribution in [0.2, 0.25) is 0 Å². The van der Waals surface area contributed by atoms with Gasteiger partial charge < -0.3 is 9.80 Å². The van der Waals surface area contributed by atoms with Gasteiger partial charge in [-0.25, -0.2) is 9.97 Å². The van der Waals surface area contributed by atoms with Gasteiger partial charge in [0.1, 0.15) is 0 Å². The zero-order valence-corrected chi connectivity index (χ0v) is 14.1. The standard InChI is InChI=1S/C16H27N5O/c1-13(2)21(14(3)4)15(22)12-19-8-10-20(11-9-19)16-17-6-5-7-18-16/h5-7,13-14H,8-12H2,1-4H3. The first-order valence-corrected chi connectivity index (χ1v) is 8.04. The number of nitrogens with zero attached hydrogens (tertiary/aromatic N) is 5. The third-order valence-corrected chi connectivity index (χ3v) is 3.97. The lowest BCUT2D eigenvalue weighted by molar-refractivity contribution is -0.136. The summed E-state index contributed by atoms with van der Waals surface area (Å²) < 4.78 is 0. The van der Waals surface area contributed by atoms with Crippen molar-refractivity contribution >= 4 is 11.9 Å². The second-order valence-corrected chi connectivity index (χ2v) is 6.30. The number of piperazine rings is 1. The lowest BCUT2D eigenvalue weighted by Gasteiger charge is -2.37. The Hall–Kier alpha value is -1.69. The summed E-state index contributed by atoms with van der Waals surface area (Å²) in [5, 5.41) is 0. The number of hydrogen-bond donors (Lipinski definition) is 0. The van der Waals surface area contributed by atoms with Gasteiger partial charge in [0.2, 0.25) is 11.9 Å². The first-order valence-electron chi connectivity index (χ1n) is 8.04. The molecule has 0 spiro atoms. The Balaban J connectivity index is 1.86. The van der Waals surface area contributed by atoms with E-state index in [9.17, 15) is 4.79 Å². The summed E-state index contributed by atoms with van der Waals surface area (Å²) in [5.74, 6) is 0.994. The molecule has 0 saturated carbocycles. The Kier molecular flexibility index (Phi) is 5.71. The highest BCUT2D eigenvalue weighted by atomic mass is 16.2. The number of rotatable bonds is 5. The molecule has 1 aliphatic rings. The van der Waals surface area contributed by atoms with E-state index in [4.69, 9.17) is 0 Å².